The molecule has 0 saturated carbocycles. The lowest BCUT2D eigenvalue weighted by Crippen LogP contribution is -2.35. The van der Waals surface area contributed by atoms with Gasteiger partial charge >= 0.3 is 11.9 Å². The number of hydrogen-bond donors (Lipinski definition) is 2. The van der Waals surface area contributed by atoms with Crippen LogP contribution in [0.1, 0.15) is 89.5 Å². The predicted molar refractivity (Wildman–Crippen MR) is 112 cm³/mol. The highest BCUT2D eigenvalue weighted by Gasteiger charge is 2.19. The van der Waals surface area contributed by atoms with Gasteiger partial charge in [-0.15, -0.1) is 0 Å². The van der Waals surface area contributed by atoms with Crippen LogP contribution < -0.4 is 5.73 Å². The third kappa shape index (κ3) is 11.8. The van der Waals surface area contributed by atoms with Crippen molar-refractivity contribution < 1.29 is 19.4 Å². The van der Waals surface area contributed by atoms with Crippen molar-refractivity contribution in [1.82, 2.24) is 0 Å². The SMILES string of the molecule is CCCCCCCCCCCCCC(=O)OC(=O)[C@@H](N)Cc1ccc(O)cc1. The summed E-state index contributed by atoms with van der Waals surface area (Å²) >= 11 is 0. The van der Waals surface area contributed by atoms with Crippen LogP contribution in [0.2, 0.25) is 0 Å². The summed E-state index contributed by atoms with van der Waals surface area (Å²) in [6.07, 6.45) is 13.8. The van der Waals surface area contributed by atoms with Gasteiger partial charge in [0.15, 0.2) is 0 Å². The Hall–Kier alpha value is -1.88. The van der Waals surface area contributed by atoms with Crippen molar-refractivity contribution in [2.24, 2.45) is 5.73 Å². The van der Waals surface area contributed by atoms with E-state index in [0.29, 0.717) is 0 Å². The lowest BCUT2D eigenvalue weighted by molar-refractivity contribution is -0.160. The molecule has 0 amide bonds. The van der Waals surface area contributed by atoms with E-state index in [1.54, 1.807) is 12.1 Å². The number of aromatic hydroxyl groups is 1. The number of carbonyl (C=O) groups excluding carboxylic acids is 2. The van der Waals surface area contributed by atoms with Crippen LogP contribution in [0.5, 0.6) is 5.75 Å². The summed E-state index contributed by atoms with van der Waals surface area (Å²) in [5, 5.41) is 9.25. The van der Waals surface area contributed by atoms with Crippen molar-refractivity contribution in [3.63, 3.8) is 0 Å². The van der Waals surface area contributed by atoms with Gasteiger partial charge in [-0.3, -0.25) is 4.79 Å². The summed E-state index contributed by atoms with van der Waals surface area (Å²) in [7, 11) is 0. The second-order valence-electron chi connectivity index (χ2n) is 7.56. The normalized spacial score (nSPS) is 11.9. The van der Waals surface area contributed by atoms with Gasteiger partial charge in [-0.25, -0.2) is 4.79 Å². The summed E-state index contributed by atoms with van der Waals surface area (Å²) in [6.45, 7) is 2.23. The molecule has 158 valence electrons. The molecule has 0 aliphatic heterocycles. The largest absolute Gasteiger partial charge is 0.508 e. The average molecular weight is 392 g/mol. The minimum atomic E-state index is -0.884. The third-order valence-corrected chi connectivity index (χ3v) is 4.89. The van der Waals surface area contributed by atoms with Gasteiger partial charge < -0.3 is 15.6 Å². The molecule has 0 fully saturated rings. The molecular formula is C23H37NO4. The van der Waals surface area contributed by atoms with Crippen LogP contribution in [-0.4, -0.2) is 23.1 Å². The van der Waals surface area contributed by atoms with Gasteiger partial charge in [-0.1, -0.05) is 83.3 Å². The number of rotatable bonds is 15. The topological polar surface area (TPSA) is 89.6 Å². The van der Waals surface area contributed by atoms with E-state index in [0.717, 1.165) is 24.8 Å². The molecule has 3 N–H and O–H groups in total. The Morgan fingerprint density at radius 1 is 0.893 bits per heavy atom. The zero-order valence-corrected chi connectivity index (χ0v) is 17.3. The van der Waals surface area contributed by atoms with Crippen LogP contribution in [0.3, 0.4) is 0 Å². The highest BCUT2D eigenvalue weighted by atomic mass is 16.6. The Labute approximate surface area is 169 Å². The molecule has 5 nitrogen and oxygen atoms in total. The number of unbranched alkanes of at least 4 members (excludes halogenated alkanes) is 10. The maximum Gasteiger partial charge on any atom is 0.330 e. The van der Waals surface area contributed by atoms with E-state index in [-0.39, 0.29) is 18.6 Å². The van der Waals surface area contributed by atoms with E-state index in [9.17, 15) is 14.7 Å². The van der Waals surface area contributed by atoms with Crippen LogP contribution in [0.25, 0.3) is 0 Å². The molecule has 0 spiro atoms. The Morgan fingerprint density at radius 3 is 1.93 bits per heavy atom. The third-order valence-electron chi connectivity index (χ3n) is 4.89. The van der Waals surface area contributed by atoms with Crippen LogP contribution >= 0.6 is 0 Å². The van der Waals surface area contributed by atoms with Gasteiger partial charge in [0.2, 0.25) is 0 Å². The zero-order valence-electron chi connectivity index (χ0n) is 17.3. The van der Waals surface area contributed by atoms with Crippen molar-refractivity contribution in [2.75, 3.05) is 0 Å². The summed E-state index contributed by atoms with van der Waals surface area (Å²) in [5.74, 6) is -1.04. The predicted octanol–water partition coefficient (Wildman–Crippen LogP) is 5.03. The molecule has 0 radical (unpaired) electrons. The Bertz CT molecular complexity index is 556. The number of ether oxygens (including phenoxy) is 1. The van der Waals surface area contributed by atoms with Crippen molar-refractivity contribution >= 4 is 11.9 Å². The number of benzene rings is 1. The first-order chi connectivity index (χ1) is 13.5. The number of esters is 2. The summed E-state index contributed by atoms with van der Waals surface area (Å²) in [6, 6.07) is 5.56. The van der Waals surface area contributed by atoms with Crippen molar-refractivity contribution in [1.29, 1.82) is 0 Å². The van der Waals surface area contributed by atoms with Crippen LogP contribution in [0.15, 0.2) is 24.3 Å². The standard InChI is InChI=1S/C23H37NO4/c1-2-3-4-5-6-7-8-9-10-11-12-13-22(26)28-23(27)21(24)18-19-14-16-20(25)17-15-19/h14-17,21,25H,2-13,18,24H2,1H3/t21-/m0/s1. The molecule has 0 saturated heterocycles. The first kappa shape index (κ1) is 24.2. The van der Waals surface area contributed by atoms with Crippen molar-refractivity contribution in [3.8, 4) is 5.75 Å². The average Bonchev–Trinajstić information content (AvgIpc) is 2.67. The highest BCUT2D eigenvalue weighted by Crippen LogP contribution is 2.13. The van der Waals surface area contributed by atoms with Crippen LogP contribution in [0, 0.1) is 0 Å². The van der Waals surface area contributed by atoms with Crippen molar-refractivity contribution in [3.05, 3.63) is 29.8 Å². The van der Waals surface area contributed by atoms with Gasteiger partial charge in [0.05, 0.1) is 0 Å². The molecule has 1 atom stereocenters. The number of carbonyl (C=O) groups is 2. The second kappa shape index (κ2) is 15.1. The molecule has 1 aromatic carbocycles. The molecule has 28 heavy (non-hydrogen) atoms. The molecule has 0 aliphatic carbocycles. The fraction of sp³-hybridized carbons (Fsp3) is 0.652. The molecule has 5 heteroatoms. The Balaban J connectivity index is 2.03. The molecule has 0 heterocycles. The van der Waals surface area contributed by atoms with Gasteiger partial charge in [0, 0.05) is 6.42 Å². The lowest BCUT2D eigenvalue weighted by Gasteiger charge is -2.10. The first-order valence-corrected chi connectivity index (χ1v) is 10.8. The molecule has 0 aromatic heterocycles. The van der Waals surface area contributed by atoms with E-state index in [4.69, 9.17) is 10.5 Å². The fourth-order valence-corrected chi connectivity index (χ4v) is 3.14. The van der Waals surface area contributed by atoms with Gasteiger partial charge in [-0.2, -0.15) is 0 Å². The van der Waals surface area contributed by atoms with E-state index < -0.39 is 18.0 Å². The molecular weight excluding hydrogens is 354 g/mol. The Kier molecular flexibility index (Phi) is 13.0. The maximum atomic E-state index is 11.9. The zero-order chi connectivity index (χ0) is 20.6. The summed E-state index contributed by atoms with van der Waals surface area (Å²) in [5.41, 5.74) is 6.61. The molecule has 1 rings (SSSR count). The summed E-state index contributed by atoms with van der Waals surface area (Å²) in [4.78, 5) is 23.7. The molecule has 0 bridgehead atoms. The quantitative estimate of drug-likeness (QED) is 0.248. The number of phenolic OH excluding ortho intramolecular Hbond substituents is 1. The van der Waals surface area contributed by atoms with Gasteiger partial charge in [-0.05, 0) is 30.5 Å². The molecule has 0 aliphatic rings. The lowest BCUT2D eigenvalue weighted by atomic mass is 10.1. The monoisotopic (exact) mass is 391 g/mol. The van der Waals surface area contributed by atoms with Crippen LogP contribution in [-0.2, 0) is 20.7 Å². The van der Waals surface area contributed by atoms with E-state index in [1.807, 2.05) is 0 Å². The number of hydrogen-bond acceptors (Lipinski definition) is 5. The van der Waals surface area contributed by atoms with Gasteiger partial charge in [0.25, 0.3) is 0 Å². The Morgan fingerprint density at radius 2 is 1.39 bits per heavy atom. The van der Waals surface area contributed by atoms with E-state index in [1.165, 1.54) is 63.5 Å². The smallest absolute Gasteiger partial charge is 0.330 e. The maximum absolute atomic E-state index is 11.9. The van der Waals surface area contributed by atoms with Crippen molar-refractivity contribution in [2.45, 2.75) is 96.4 Å². The minimum absolute atomic E-state index is 0.155. The fourth-order valence-electron chi connectivity index (χ4n) is 3.14. The second-order valence-corrected chi connectivity index (χ2v) is 7.56. The highest BCUT2D eigenvalue weighted by molar-refractivity contribution is 5.88. The number of phenols is 1. The molecule has 0 unspecified atom stereocenters. The van der Waals surface area contributed by atoms with Gasteiger partial charge in [0.1, 0.15) is 11.8 Å². The van der Waals surface area contributed by atoms with E-state index in [2.05, 4.69) is 6.92 Å². The summed E-state index contributed by atoms with van der Waals surface area (Å²) < 4.78 is 4.85. The molecule has 1 aromatic rings. The minimum Gasteiger partial charge on any atom is -0.508 e. The van der Waals surface area contributed by atoms with E-state index >= 15 is 0 Å². The first-order valence-electron chi connectivity index (χ1n) is 10.8. The van der Waals surface area contributed by atoms with Crippen LogP contribution in [0.4, 0.5) is 0 Å². The number of nitrogens with two attached hydrogens (primary N) is 1.